The van der Waals surface area contributed by atoms with Crippen molar-refractivity contribution in [3.8, 4) is 5.75 Å². The van der Waals surface area contributed by atoms with Gasteiger partial charge in [-0.2, -0.15) is 0 Å². The molecule has 0 fully saturated rings. The van der Waals surface area contributed by atoms with Crippen molar-refractivity contribution in [3.63, 3.8) is 0 Å². The van der Waals surface area contributed by atoms with Crippen LogP contribution in [0.15, 0.2) is 65.7 Å². The van der Waals surface area contributed by atoms with E-state index in [0.29, 0.717) is 43.4 Å². The second-order valence-corrected chi connectivity index (χ2v) is 8.51. The number of fused-ring (bicyclic) bond motifs is 1. The monoisotopic (exact) mass is 479 g/mol. The minimum Gasteiger partial charge on any atom is -0.491 e. The van der Waals surface area contributed by atoms with E-state index in [1.54, 1.807) is 40.8 Å². The Morgan fingerprint density at radius 3 is 2.62 bits per heavy atom. The number of nitrogens with one attached hydrogen (secondary N) is 1. The highest BCUT2D eigenvalue weighted by Crippen LogP contribution is 2.26. The molecule has 0 radical (unpaired) electrons. The zero-order valence-electron chi connectivity index (χ0n) is 18.9. The highest BCUT2D eigenvalue weighted by Gasteiger charge is 2.26. The first-order chi connectivity index (χ1) is 16.5. The molecule has 2 heterocycles. The molecule has 8 heteroatoms. The third kappa shape index (κ3) is 5.31. The second kappa shape index (κ2) is 10.6. The molecule has 0 bridgehead atoms. The van der Waals surface area contributed by atoms with E-state index in [1.165, 1.54) is 6.20 Å². The summed E-state index contributed by atoms with van der Waals surface area (Å²) in [5.41, 5.74) is 1.22. The zero-order chi connectivity index (χ0) is 24.1. The van der Waals surface area contributed by atoms with Crippen molar-refractivity contribution >= 4 is 23.4 Å². The molecule has 0 saturated heterocycles. The zero-order valence-corrected chi connectivity index (χ0v) is 19.7. The van der Waals surface area contributed by atoms with E-state index >= 15 is 0 Å². The molecule has 34 heavy (non-hydrogen) atoms. The predicted octanol–water partition coefficient (Wildman–Crippen LogP) is 3.53. The van der Waals surface area contributed by atoms with Crippen LogP contribution in [-0.4, -0.2) is 41.0 Å². The van der Waals surface area contributed by atoms with Crippen LogP contribution in [0, 0.1) is 0 Å². The number of aryl methyl sites for hydroxylation is 2. The molecular weight excluding hydrogens is 454 g/mol. The number of hydrogen-bond donors (Lipinski definition) is 1. The normalized spacial score (nSPS) is 12.9. The number of ether oxygens (including phenoxy) is 1. The van der Waals surface area contributed by atoms with Crippen LogP contribution in [0.4, 0.5) is 0 Å². The Bertz CT molecular complexity index is 1260. The lowest BCUT2D eigenvalue weighted by molar-refractivity contribution is 0.0731. The van der Waals surface area contributed by atoms with Gasteiger partial charge in [0.2, 0.25) is 5.43 Å². The molecule has 1 aromatic heterocycles. The molecule has 1 aliphatic heterocycles. The van der Waals surface area contributed by atoms with Gasteiger partial charge >= 0.3 is 0 Å². The third-order valence-corrected chi connectivity index (χ3v) is 5.92. The number of halogens is 1. The first-order valence-corrected chi connectivity index (χ1v) is 11.6. The van der Waals surface area contributed by atoms with E-state index in [4.69, 9.17) is 16.3 Å². The Labute approximate surface area is 202 Å². The van der Waals surface area contributed by atoms with Gasteiger partial charge in [0.15, 0.2) is 0 Å². The predicted molar refractivity (Wildman–Crippen MR) is 131 cm³/mol. The molecule has 2 amide bonds. The molecule has 7 nitrogen and oxygen atoms in total. The van der Waals surface area contributed by atoms with Gasteiger partial charge in [0.1, 0.15) is 23.5 Å². The van der Waals surface area contributed by atoms with Crippen molar-refractivity contribution in [1.29, 1.82) is 0 Å². The number of aromatic nitrogens is 1. The first-order valence-electron chi connectivity index (χ1n) is 11.2. The fourth-order valence-electron chi connectivity index (χ4n) is 3.94. The number of benzene rings is 2. The highest BCUT2D eigenvalue weighted by molar-refractivity contribution is 6.30. The quantitative estimate of drug-likeness (QED) is 0.586. The maximum atomic E-state index is 13.5. The maximum absolute atomic E-state index is 13.5. The van der Waals surface area contributed by atoms with Gasteiger partial charge in [-0.15, -0.1) is 0 Å². The summed E-state index contributed by atoms with van der Waals surface area (Å²) < 4.78 is 7.50. The van der Waals surface area contributed by atoms with Crippen molar-refractivity contribution in [2.75, 3.05) is 19.7 Å². The topological polar surface area (TPSA) is 80.6 Å². The molecule has 0 aliphatic carbocycles. The van der Waals surface area contributed by atoms with Crippen molar-refractivity contribution in [2.45, 2.75) is 26.4 Å². The SMILES string of the molecule is CCNC(=O)c1cn(CCc2ccccc2)cc(C(=O)N2CCOc3ccc(Cl)cc3C2)c1=O. The highest BCUT2D eigenvalue weighted by atomic mass is 35.5. The molecule has 1 aliphatic rings. The van der Waals surface area contributed by atoms with Gasteiger partial charge in [0, 0.05) is 42.6 Å². The van der Waals surface area contributed by atoms with Gasteiger partial charge in [0.25, 0.3) is 11.8 Å². The molecule has 1 N–H and O–H groups in total. The van der Waals surface area contributed by atoms with Crippen molar-refractivity contribution in [2.24, 2.45) is 0 Å². The molecular formula is C26H26ClN3O4. The number of rotatable bonds is 6. The molecule has 176 valence electrons. The number of pyridine rings is 1. The Morgan fingerprint density at radius 2 is 1.85 bits per heavy atom. The summed E-state index contributed by atoms with van der Waals surface area (Å²) in [6.07, 6.45) is 3.75. The Kier molecular flexibility index (Phi) is 7.33. The van der Waals surface area contributed by atoms with Crippen LogP contribution in [0.5, 0.6) is 5.75 Å². The summed E-state index contributed by atoms with van der Waals surface area (Å²) in [6.45, 7) is 3.52. The summed E-state index contributed by atoms with van der Waals surface area (Å²) in [5.74, 6) is -0.274. The maximum Gasteiger partial charge on any atom is 0.259 e. The average molecular weight is 480 g/mol. The van der Waals surface area contributed by atoms with Crippen LogP contribution in [-0.2, 0) is 19.5 Å². The van der Waals surface area contributed by atoms with E-state index in [-0.39, 0.29) is 17.7 Å². The van der Waals surface area contributed by atoms with Crippen LogP contribution in [0.25, 0.3) is 0 Å². The molecule has 0 saturated carbocycles. The fourth-order valence-corrected chi connectivity index (χ4v) is 4.13. The van der Waals surface area contributed by atoms with Crippen LogP contribution >= 0.6 is 11.6 Å². The molecule has 0 spiro atoms. The van der Waals surface area contributed by atoms with Crippen LogP contribution < -0.4 is 15.5 Å². The van der Waals surface area contributed by atoms with E-state index in [1.807, 2.05) is 30.3 Å². The van der Waals surface area contributed by atoms with E-state index < -0.39 is 17.2 Å². The minimum atomic E-state index is -0.580. The lowest BCUT2D eigenvalue weighted by atomic mass is 10.1. The molecule has 4 rings (SSSR count). The van der Waals surface area contributed by atoms with Gasteiger partial charge in [-0.3, -0.25) is 14.4 Å². The fraction of sp³-hybridized carbons (Fsp3) is 0.269. The third-order valence-electron chi connectivity index (χ3n) is 5.68. The van der Waals surface area contributed by atoms with Gasteiger partial charge < -0.3 is 19.5 Å². The lowest BCUT2D eigenvalue weighted by Crippen LogP contribution is -2.38. The van der Waals surface area contributed by atoms with E-state index in [2.05, 4.69) is 5.32 Å². The van der Waals surface area contributed by atoms with Crippen molar-refractivity contribution in [1.82, 2.24) is 14.8 Å². The van der Waals surface area contributed by atoms with E-state index in [0.717, 1.165) is 11.1 Å². The molecule has 3 aromatic rings. The van der Waals surface area contributed by atoms with Crippen LogP contribution in [0.1, 0.15) is 38.8 Å². The smallest absolute Gasteiger partial charge is 0.259 e. The molecule has 2 aromatic carbocycles. The summed E-state index contributed by atoms with van der Waals surface area (Å²) >= 11 is 6.13. The van der Waals surface area contributed by atoms with Crippen molar-refractivity contribution in [3.05, 3.63) is 98.4 Å². The Balaban J connectivity index is 1.67. The number of nitrogens with zero attached hydrogens (tertiary/aromatic N) is 2. The summed E-state index contributed by atoms with van der Waals surface area (Å²) in [7, 11) is 0. The number of carbonyl (C=O) groups excluding carboxylic acids is 2. The number of carbonyl (C=O) groups is 2. The largest absolute Gasteiger partial charge is 0.491 e. The molecule has 0 unspecified atom stereocenters. The molecule has 0 atom stereocenters. The standard InChI is InChI=1S/C26H26ClN3O4/c1-2-28-25(32)21-16-29(11-10-18-6-4-3-5-7-18)17-22(24(21)31)26(33)30-12-13-34-23-9-8-20(27)14-19(23)15-30/h3-9,14,16-17H,2,10-13,15H2,1H3,(H,28,32). The average Bonchev–Trinajstić information content (AvgIpc) is 3.05. The first kappa shape index (κ1) is 23.6. The minimum absolute atomic E-state index is 0.0395. The summed E-state index contributed by atoms with van der Waals surface area (Å²) in [6, 6.07) is 15.2. The summed E-state index contributed by atoms with van der Waals surface area (Å²) in [4.78, 5) is 40.9. The van der Waals surface area contributed by atoms with Crippen LogP contribution in [0.3, 0.4) is 0 Å². The van der Waals surface area contributed by atoms with E-state index in [9.17, 15) is 14.4 Å². The van der Waals surface area contributed by atoms with Gasteiger partial charge in [-0.1, -0.05) is 41.9 Å². The number of hydrogen-bond acceptors (Lipinski definition) is 4. The van der Waals surface area contributed by atoms with Crippen LogP contribution in [0.2, 0.25) is 5.02 Å². The van der Waals surface area contributed by atoms with Gasteiger partial charge in [-0.25, -0.2) is 0 Å². The second-order valence-electron chi connectivity index (χ2n) is 8.07. The Morgan fingerprint density at radius 1 is 1.09 bits per heavy atom. The Hall–Kier alpha value is -3.58. The lowest BCUT2D eigenvalue weighted by Gasteiger charge is -2.21. The number of amides is 2. The van der Waals surface area contributed by atoms with Gasteiger partial charge in [-0.05, 0) is 37.1 Å². The van der Waals surface area contributed by atoms with Crippen molar-refractivity contribution < 1.29 is 14.3 Å². The summed E-state index contributed by atoms with van der Waals surface area (Å²) in [5, 5.41) is 3.21. The van der Waals surface area contributed by atoms with Gasteiger partial charge in [0.05, 0.1) is 6.54 Å².